The van der Waals surface area contributed by atoms with Crippen LogP contribution in [0.25, 0.3) is 22.3 Å². The molecule has 5 rings (SSSR count). The lowest BCUT2D eigenvalue weighted by Gasteiger charge is -2.30. The molecule has 1 unspecified atom stereocenters. The van der Waals surface area contributed by atoms with Gasteiger partial charge in [0.1, 0.15) is 0 Å². The van der Waals surface area contributed by atoms with Gasteiger partial charge < -0.3 is 4.90 Å². The summed E-state index contributed by atoms with van der Waals surface area (Å²) in [6.07, 6.45) is 7.71. The number of halogens is 1. The van der Waals surface area contributed by atoms with Gasteiger partial charge >= 0.3 is 0 Å². The Labute approximate surface area is 204 Å². The highest BCUT2D eigenvalue weighted by Gasteiger charge is 2.22. The van der Waals surface area contributed by atoms with Crippen LogP contribution in [0.2, 0.25) is 0 Å². The summed E-state index contributed by atoms with van der Waals surface area (Å²) in [7, 11) is 0. The number of hydrogen-bond acceptors (Lipinski definition) is 1. The minimum absolute atomic E-state index is 0.0104. The summed E-state index contributed by atoms with van der Waals surface area (Å²) >= 11 is 3.80. The van der Waals surface area contributed by atoms with E-state index in [0.717, 1.165) is 17.8 Å². The number of anilines is 2. The summed E-state index contributed by atoms with van der Waals surface area (Å²) in [6.45, 7) is 2.20. The molecule has 0 bridgehead atoms. The van der Waals surface area contributed by atoms with Gasteiger partial charge in [0, 0.05) is 21.4 Å². The molecule has 0 radical (unpaired) electrons. The van der Waals surface area contributed by atoms with E-state index in [2.05, 4.69) is 155 Å². The van der Waals surface area contributed by atoms with Gasteiger partial charge in [0.25, 0.3) is 0 Å². The number of benzene rings is 4. The van der Waals surface area contributed by atoms with Crippen molar-refractivity contribution in [2.75, 3.05) is 4.90 Å². The van der Waals surface area contributed by atoms with Crippen LogP contribution in [0.15, 0.2) is 133 Å². The first-order valence-electron chi connectivity index (χ1n) is 11.3. The van der Waals surface area contributed by atoms with Gasteiger partial charge in [0.2, 0.25) is 0 Å². The first-order valence-corrected chi connectivity index (χ1v) is 12.1. The highest BCUT2D eigenvalue weighted by atomic mass is 79.9. The molecular weight excluding hydrogens is 466 g/mol. The van der Waals surface area contributed by atoms with Crippen molar-refractivity contribution >= 4 is 27.3 Å². The number of allylic oxidation sites excluding steroid dienone is 3. The molecule has 1 nitrogen and oxygen atoms in total. The average molecular weight is 492 g/mol. The Morgan fingerprint density at radius 2 is 1.03 bits per heavy atom. The van der Waals surface area contributed by atoms with Crippen molar-refractivity contribution in [2.45, 2.75) is 17.7 Å². The van der Waals surface area contributed by atoms with Crippen molar-refractivity contribution in [3.05, 3.63) is 133 Å². The van der Waals surface area contributed by atoms with Gasteiger partial charge in [-0.05, 0) is 65.9 Å². The van der Waals surface area contributed by atoms with Crippen molar-refractivity contribution in [1.29, 1.82) is 0 Å². The van der Waals surface area contributed by atoms with Crippen LogP contribution < -0.4 is 4.90 Å². The van der Waals surface area contributed by atoms with E-state index in [1.807, 2.05) is 0 Å². The third kappa shape index (κ3) is 4.86. The van der Waals surface area contributed by atoms with Crippen molar-refractivity contribution in [3.8, 4) is 22.3 Å². The fourth-order valence-electron chi connectivity index (χ4n) is 4.18. The molecular formula is C31H26BrN. The third-order valence-corrected chi connectivity index (χ3v) is 6.62. The second-order valence-corrected chi connectivity index (χ2v) is 10.4. The molecule has 0 N–H and O–H groups in total. The minimum Gasteiger partial charge on any atom is -0.311 e. The Hall–Kier alpha value is -3.36. The van der Waals surface area contributed by atoms with Crippen LogP contribution >= 0.6 is 15.9 Å². The van der Waals surface area contributed by atoms with Crippen LogP contribution in [-0.2, 0) is 0 Å². The summed E-state index contributed by atoms with van der Waals surface area (Å²) in [5, 5.41) is 0. The van der Waals surface area contributed by atoms with E-state index < -0.39 is 0 Å². The van der Waals surface area contributed by atoms with E-state index in [1.54, 1.807) is 0 Å². The van der Waals surface area contributed by atoms with Crippen LogP contribution in [0.1, 0.15) is 13.3 Å². The highest BCUT2D eigenvalue weighted by molar-refractivity contribution is 9.10. The maximum atomic E-state index is 3.80. The molecule has 162 valence electrons. The van der Waals surface area contributed by atoms with E-state index in [-0.39, 0.29) is 4.32 Å². The topological polar surface area (TPSA) is 3.24 Å². The monoisotopic (exact) mass is 491 g/mol. The molecule has 1 atom stereocenters. The van der Waals surface area contributed by atoms with Gasteiger partial charge in [-0.15, -0.1) is 0 Å². The average Bonchev–Trinajstić information content (AvgIpc) is 2.87. The van der Waals surface area contributed by atoms with Crippen LogP contribution in [0.3, 0.4) is 0 Å². The smallest absolute Gasteiger partial charge is 0.0461 e. The van der Waals surface area contributed by atoms with E-state index in [4.69, 9.17) is 0 Å². The zero-order valence-electron chi connectivity index (χ0n) is 18.7. The molecule has 4 aromatic rings. The molecule has 4 aromatic carbocycles. The van der Waals surface area contributed by atoms with Gasteiger partial charge in [0.05, 0.1) is 0 Å². The second kappa shape index (κ2) is 9.25. The normalized spacial score (nSPS) is 17.5. The molecule has 1 aliphatic rings. The maximum Gasteiger partial charge on any atom is 0.0461 e. The summed E-state index contributed by atoms with van der Waals surface area (Å²) in [4.78, 5) is 2.34. The van der Waals surface area contributed by atoms with E-state index in [0.29, 0.717) is 0 Å². The molecule has 0 heterocycles. The van der Waals surface area contributed by atoms with Crippen LogP contribution in [-0.4, -0.2) is 4.32 Å². The molecule has 0 aliphatic heterocycles. The molecule has 0 spiro atoms. The predicted molar refractivity (Wildman–Crippen MR) is 145 cm³/mol. The van der Waals surface area contributed by atoms with Gasteiger partial charge in [0.15, 0.2) is 0 Å². The second-order valence-electron chi connectivity index (χ2n) is 8.61. The van der Waals surface area contributed by atoms with Gasteiger partial charge in [-0.25, -0.2) is 0 Å². The molecule has 0 saturated heterocycles. The quantitative estimate of drug-likeness (QED) is 0.251. The SMILES string of the molecule is CC1(Br)C=CC(N(c2ccc(-c3ccccc3)cc2)c2ccc(-c3ccccc3)cc2)=CC1. The number of rotatable bonds is 5. The molecule has 2 heteroatoms. The molecule has 0 aromatic heterocycles. The summed E-state index contributed by atoms with van der Waals surface area (Å²) in [5.41, 5.74) is 8.39. The van der Waals surface area contributed by atoms with Crippen molar-refractivity contribution in [2.24, 2.45) is 0 Å². The van der Waals surface area contributed by atoms with Crippen LogP contribution in [0.4, 0.5) is 11.4 Å². The van der Waals surface area contributed by atoms with E-state index in [1.165, 1.54) is 28.0 Å². The van der Waals surface area contributed by atoms with Gasteiger partial charge in [-0.2, -0.15) is 0 Å². The third-order valence-electron chi connectivity index (χ3n) is 6.04. The van der Waals surface area contributed by atoms with Crippen LogP contribution in [0, 0.1) is 0 Å². The lowest BCUT2D eigenvalue weighted by molar-refractivity contribution is 0.804. The van der Waals surface area contributed by atoms with Crippen LogP contribution in [0.5, 0.6) is 0 Å². The minimum atomic E-state index is 0.0104. The number of alkyl halides is 1. The lowest BCUT2D eigenvalue weighted by atomic mass is 9.99. The van der Waals surface area contributed by atoms with E-state index in [9.17, 15) is 0 Å². The zero-order chi connectivity index (χ0) is 22.7. The Bertz CT molecular complexity index is 1190. The molecule has 0 amide bonds. The molecule has 0 fully saturated rings. The first-order chi connectivity index (χ1) is 16.1. The largest absolute Gasteiger partial charge is 0.311 e. The van der Waals surface area contributed by atoms with Crippen molar-refractivity contribution in [1.82, 2.24) is 0 Å². The highest BCUT2D eigenvalue weighted by Crippen LogP contribution is 2.37. The predicted octanol–water partition coefficient (Wildman–Crippen LogP) is 9.16. The fraction of sp³-hybridized carbons (Fsp3) is 0.0968. The lowest BCUT2D eigenvalue weighted by Crippen LogP contribution is -2.21. The van der Waals surface area contributed by atoms with Gasteiger partial charge in [-0.3, -0.25) is 0 Å². The molecule has 33 heavy (non-hydrogen) atoms. The first kappa shape index (κ1) is 21.5. The molecule has 0 saturated carbocycles. The van der Waals surface area contributed by atoms with Gasteiger partial charge in [-0.1, -0.05) is 113 Å². The maximum absolute atomic E-state index is 3.80. The molecule has 1 aliphatic carbocycles. The number of hydrogen-bond donors (Lipinski definition) is 0. The Morgan fingerprint density at radius 3 is 1.42 bits per heavy atom. The standard InChI is InChI=1S/C31H26BrN/c1-31(32)22-20-30(21-23-31)33(28-16-12-26(13-17-28)24-8-4-2-5-9-24)29-18-14-27(15-19-29)25-10-6-3-7-11-25/h2-22H,23H2,1H3. The summed E-state index contributed by atoms with van der Waals surface area (Å²) in [5.74, 6) is 0. The Kier molecular flexibility index (Phi) is 6.02. The Morgan fingerprint density at radius 1 is 0.606 bits per heavy atom. The van der Waals surface area contributed by atoms with E-state index >= 15 is 0 Å². The van der Waals surface area contributed by atoms with Crippen molar-refractivity contribution in [3.63, 3.8) is 0 Å². The summed E-state index contributed by atoms with van der Waals surface area (Å²) in [6, 6.07) is 38.7. The zero-order valence-corrected chi connectivity index (χ0v) is 20.2. The Balaban J connectivity index is 1.52. The van der Waals surface area contributed by atoms with Crippen molar-refractivity contribution < 1.29 is 0 Å². The fourth-order valence-corrected chi connectivity index (χ4v) is 4.47. The number of nitrogens with zero attached hydrogens (tertiary/aromatic N) is 1. The summed E-state index contributed by atoms with van der Waals surface area (Å²) < 4.78 is 0.0104.